The number of aromatic nitrogens is 1. The fourth-order valence-corrected chi connectivity index (χ4v) is 3.71. The third-order valence-electron chi connectivity index (χ3n) is 5.08. The maximum Gasteiger partial charge on any atom is 0.323 e. The van der Waals surface area contributed by atoms with Crippen LogP contribution in [0.4, 0.5) is 0 Å². The van der Waals surface area contributed by atoms with Crippen molar-refractivity contribution in [2.75, 3.05) is 20.6 Å². The van der Waals surface area contributed by atoms with Crippen LogP contribution in [0, 0.1) is 5.92 Å². The van der Waals surface area contributed by atoms with E-state index in [1.807, 2.05) is 56.4 Å². The number of nitrogens with zero attached hydrogens (tertiary/aromatic N) is 2. The number of likely N-dealkylation sites (N-methyl/N-ethyl adjacent to an activating group) is 2. The van der Waals surface area contributed by atoms with E-state index in [2.05, 4.69) is 12.2 Å². The first-order chi connectivity index (χ1) is 12.9. The standard InChI is InChI=1S/C21H31N3O3/c1-5-8-17(12-22-3)23(4)21(27)15(2)11-16-13-24(14-20(25)26)19-10-7-6-9-18(16)19/h6-7,9-10,13,15,17,22H,5,8,11-12,14H2,1-4H3,(H,25,26). The highest BCUT2D eigenvalue weighted by atomic mass is 16.4. The number of hydrogen-bond acceptors (Lipinski definition) is 3. The quantitative estimate of drug-likeness (QED) is 0.672. The second-order valence-corrected chi connectivity index (χ2v) is 7.25. The van der Waals surface area contributed by atoms with Crippen molar-refractivity contribution in [3.63, 3.8) is 0 Å². The molecule has 0 fully saturated rings. The Balaban J connectivity index is 2.20. The lowest BCUT2D eigenvalue weighted by atomic mass is 9.98. The minimum absolute atomic E-state index is 0.0799. The molecule has 2 atom stereocenters. The Morgan fingerprint density at radius 2 is 2.00 bits per heavy atom. The van der Waals surface area contributed by atoms with Crippen molar-refractivity contribution in [2.45, 2.75) is 45.7 Å². The molecule has 0 saturated carbocycles. The fraction of sp³-hybridized carbons (Fsp3) is 0.524. The van der Waals surface area contributed by atoms with Crippen LogP contribution < -0.4 is 5.32 Å². The summed E-state index contributed by atoms with van der Waals surface area (Å²) in [7, 11) is 3.78. The number of aliphatic carboxylic acids is 1. The van der Waals surface area contributed by atoms with Gasteiger partial charge in [0.25, 0.3) is 0 Å². The molecule has 0 aliphatic carbocycles. The number of benzene rings is 1. The summed E-state index contributed by atoms with van der Waals surface area (Å²) in [5.41, 5.74) is 1.91. The number of carboxylic acids is 1. The van der Waals surface area contributed by atoms with E-state index in [9.17, 15) is 9.59 Å². The Morgan fingerprint density at radius 1 is 1.30 bits per heavy atom. The van der Waals surface area contributed by atoms with E-state index in [0.29, 0.717) is 6.42 Å². The molecule has 1 heterocycles. The van der Waals surface area contributed by atoms with Crippen LogP contribution in [-0.2, 0) is 22.6 Å². The van der Waals surface area contributed by atoms with Gasteiger partial charge in [-0.25, -0.2) is 0 Å². The Kier molecular flexibility index (Phi) is 7.42. The number of amides is 1. The molecule has 6 heteroatoms. The molecule has 0 aliphatic heterocycles. The number of carboxylic acid groups (broad SMARTS) is 1. The Bertz CT molecular complexity index is 778. The molecule has 0 radical (unpaired) electrons. The largest absolute Gasteiger partial charge is 0.480 e. The highest BCUT2D eigenvalue weighted by Crippen LogP contribution is 2.25. The molecule has 2 unspecified atom stereocenters. The second-order valence-electron chi connectivity index (χ2n) is 7.25. The van der Waals surface area contributed by atoms with Gasteiger partial charge in [-0.1, -0.05) is 38.5 Å². The average molecular weight is 373 g/mol. The van der Waals surface area contributed by atoms with E-state index in [1.165, 1.54) is 0 Å². The number of carbonyl (C=O) groups is 2. The van der Waals surface area contributed by atoms with Crippen molar-refractivity contribution in [1.82, 2.24) is 14.8 Å². The lowest BCUT2D eigenvalue weighted by Gasteiger charge is -2.30. The molecule has 1 amide bonds. The first-order valence-corrected chi connectivity index (χ1v) is 9.58. The van der Waals surface area contributed by atoms with Crippen LogP contribution in [0.15, 0.2) is 30.5 Å². The number of fused-ring (bicyclic) bond motifs is 1. The van der Waals surface area contributed by atoms with Gasteiger partial charge in [0.05, 0.1) is 0 Å². The van der Waals surface area contributed by atoms with Gasteiger partial charge in [-0.05, 0) is 31.5 Å². The van der Waals surface area contributed by atoms with Crippen LogP contribution in [0.25, 0.3) is 10.9 Å². The van der Waals surface area contributed by atoms with Crippen LogP contribution in [0.1, 0.15) is 32.3 Å². The van der Waals surface area contributed by atoms with Gasteiger partial charge in [-0.15, -0.1) is 0 Å². The summed E-state index contributed by atoms with van der Waals surface area (Å²) in [5.74, 6) is -0.922. The summed E-state index contributed by atoms with van der Waals surface area (Å²) in [6, 6.07) is 7.94. The number of hydrogen-bond donors (Lipinski definition) is 2. The van der Waals surface area contributed by atoms with Gasteiger partial charge in [-0.3, -0.25) is 9.59 Å². The molecule has 0 spiro atoms. The molecule has 2 aromatic rings. The van der Waals surface area contributed by atoms with E-state index in [4.69, 9.17) is 5.11 Å². The monoisotopic (exact) mass is 373 g/mol. The molecule has 1 aromatic carbocycles. The summed E-state index contributed by atoms with van der Waals surface area (Å²) < 4.78 is 1.74. The summed E-state index contributed by atoms with van der Waals surface area (Å²) >= 11 is 0. The molecule has 0 aliphatic rings. The maximum atomic E-state index is 13.0. The minimum atomic E-state index is -0.874. The first kappa shape index (κ1) is 21.0. The Labute approximate surface area is 161 Å². The average Bonchev–Trinajstić information content (AvgIpc) is 2.97. The Morgan fingerprint density at radius 3 is 2.63 bits per heavy atom. The second kappa shape index (κ2) is 9.55. The molecule has 2 N–H and O–H groups in total. The van der Waals surface area contributed by atoms with Gasteiger partial charge >= 0.3 is 5.97 Å². The van der Waals surface area contributed by atoms with E-state index in [1.54, 1.807) is 4.57 Å². The van der Waals surface area contributed by atoms with Crippen molar-refractivity contribution in [1.29, 1.82) is 0 Å². The zero-order valence-corrected chi connectivity index (χ0v) is 16.7. The van der Waals surface area contributed by atoms with Crippen molar-refractivity contribution in [3.8, 4) is 0 Å². The predicted molar refractivity (Wildman–Crippen MR) is 108 cm³/mol. The van der Waals surface area contributed by atoms with Crippen molar-refractivity contribution in [3.05, 3.63) is 36.0 Å². The number of para-hydroxylation sites is 1. The van der Waals surface area contributed by atoms with Crippen LogP contribution in [0.2, 0.25) is 0 Å². The molecular weight excluding hydrogens is 342 g/mol. The molecule has 148 valence electrons. The number of rotatable bonds is 10. The lowest BCUT2D eigenvalue weighted by molar-refractivity contribution is -0.138. The maximum absolute atomic E-state index is 13.0. The summed E-state index contributed by atoms with van der Waals surface area (Å²) in [6.07, 6.45) is 4.46. The van der Waals surface area contributed by atoms with Crippen molar-refractivity contribution < 1.29 is 14.7 Å². The van der Waals surface area contributed by atoms with Crippen molar-refractivity contribution in [2.24, 2.45) is 5.92 Å². The summed E-state index contributed by atoms with van der Waals surface area (Å²) in [6.45, 7) is 4.77. The summed E-state index contributed by atoms with van der Waals surface area (Å²) in [4.78, 5) is 26.0. The van der Waals surface area contributed by atoms with Crippen LogP contribution in [0.5, 0.6) is 0 Å². The third-order valence-corrected chi connectivity index (χ3v) is 5.08. The molecule has 1 aromatic heterocycles. The van der Waals surface area contributed by atoms with Gasteiger partial charge in [0.2, 0.25) is 5.91 Å². The SMILES string of the molecule is CCCC(CNC)N(C)C(=O)C(C)Cc1cn(CC(=O)O)c2ccccc12. The first-order valence-electron chi connectivity index (χ1n) is 9.58. The highest BCUT2D eigenvalue weighted by Gasteiger charge is 2.24. The molecule has 0 bridgehead atoms. The normalized spacial score (nSPS) is 13.5. The van der Waals surface area contributed by atoms with Crippen LogP contribution >= 0.6 is 0 Å². The van der Waals surface area contributed by atoms with E-state index in [-0.39, 0.29) is 24.4 Å². The molecule has 0 saturated heterocycles. The van der Waals surface area contributed by atoms with Gasteiger partial charge in [0, 0.05) is 42.7 Å². The lowest BCUT2D eigenvalue weighted by Crippen LogP contribution is -2.45. The molecule has 27 heavy (non-hydrogen) atoms. The van der Waals surface area contributed by atoms with Crippen molar-refractivity contribution >= 4 is 22.8 Å². The molecule has 6 nitrogen and oxygen atoms in total. The highest BCUT2D eigenvalue weighted by molar-refractivity contribution is 5.86. The smallest absolute Gasteiger partial charge is 0.323 e. The fourth-order valence-electron chi connectivity index (χ4n) is 3.71. The minimum Gasteiger partial charge on any atom is -0.480 e. The summed E-state index contributed by atoms with van der Waals surface area (Å²) in [5, 5.41) is 13.3. The van der Waals surface area contributed by atoms with Gasteiger partial charge in [-0.2, -0.15) is 0 Å². The van der Waals surface area contributed by atoms with Crippen LogP contribution in [-0.4, -0.2) is 53.1 Å². The van der Waals surface area contributed by atoms with Gasteiger partial charge in [0.15, 0.2) is 0 Å². The van der Waals surface area contributed by atoms with Crippen LogP contribution in [0.3, 0.4) is 0 Å². The zero-order valence-electron chi connectivity index (χ0n) is 16.7. The topological polar surface area (TPSA) is 74.6 Å². The third kappa shape index (κ3) is 5.10. The van der Waals surface area contributed by atoms with E-state index < -0.39 is 5.97 Å². The van der Waals surface area contributed by atoms with Gasteiger partial charge < -0.3 is 19.9 Å². The Hall–Kier alpha value is -2.34. The number of nitrogens with one attached hydrogen (secondary N) is 1. The molecular formula is C21H31N3O3. The van der Waals surface area contributed by atoms with E-state index >= 15 is 0 Å². The predicted octanol–water partition coefficient (Wildman–Crippen LogP) is 2.75. The van der Waals surface area contributed by atoms with Gasteiger partial charge in [0.1, 0.15) is 6.54 Å². The number of carbonyl (C=O) groups excluding carboxylic acids is 1. The zero-order chi connectivity index (χ0) is 20.0. The van der Waals surface area contributed by atoms with E-state index in [0.717, 1.165) is 35.9 Å². The molecule has 2 rings (SSSR count).